The molecule has 2 unspecified atom stereocenters. The van der Waals surface area contributed by atoms with Gasteiger partial charge in [-0.05, 0) is 54.8 Å². The molecule has 0 spiro atoms. The number of hydrogen-bond donors (Lipinski definition) is 1. The number of hydrogen-bond acceptors (Lipinski definition) is 4. The van der Waals surface area contributed by atoms with Crippen LogP contribution in [0, 0.1) is 5.92 Å². The van der Waals surface area contributed by atoms with Crippen LogP contribution in [0.15, 0.2) is 24.3 Å². The zero-order chi connectivity index (χ0) is 14.1. The molecule has 2 atom stereocenters. The fourth-order valence-corrected chi connectivity index (χ4v) is 3.78. The number of nitrogen functional groups attached to an aromatic ring is 1. The van der Waals surface area contributed by atoms with Crippen LogP contribution in [0.3, 0.4) is 0 Å². The van der Waals surface area contributed by atoms with Crippen LogP contribution < -0.4 is 5.73 Å². The van der Waals surface area contributed by atoms with Crippen molar-refractivity contribution in [1.82, 2.24) is 0 Å². The van der Waals surface area contributed by atoms with Gasteiger partial charge in [-0.15, -0.1) is 11.3 Å². The van der Waals surface area contributed by atoms with E-state index in [2.05, 4.69) is 6.92 Å². The summed E-state index contributed by atoms with van der Waals surface area (Å²) >= 11 is 1.47. The quantitative estimate of drug-likeness (QED) is 0.665. The highest BCUT2D eigenvalue weighted by atomic mass is 32.1. The zero-order valence-electron chi connectivity index (χ0n) is 11.6. The van der Waals surface area contributed by atoms with Crippen LogP contribution >= 0.6 is 11.3 Å². The summed E-state index contributed by atoms with van der Waals surface area (Å²) in [5.41, 5.74) is 6.48. The van der Waals surface area contributed by atoms with Gasteiger partial charge in [-0.25, -0.2) is 4.79 Å². The SMILES string of the molecule is CC1CCCC(OC(=O)c2cc3cc(N)ccc3s2)C1. The van der Waals surface area contributed by atoms with Crippen molar-refractivity contribution >= 4 is 33.1 Å². The van der Waals surface area contributed by atoms with Gasteiger partial charge in [0.05, 0.1) is 0 Å². The number of ether oxygens (including phenoxy) is 1. The molecule has 2 N–H and O–H groups in total. The third kappa shape index (κ3) is 2.80. The summed E-state index contributed by atoms with van der Waals surface area (Å²) in [7, 11) is 0. The fourth-order valence-electron chi connectivity index (χ4n) is 2.86. The lowest BCUT2D eigenvalue weighted by Crippen LogP contribution is -2.24. The van der Waals surface area contributed by atoms with Crippen molar-refractivity contribution in [1.29, 1.82) is 0 Å². The fraction of sp³-hybridized carbons (Fsp3) is 0.438. The normalized spacial score (nSPS) is 22.9. The van der Waals surface area contributed by atoms with Crippen LogP contribution in [0.4, 0.5) is 5.69 Å². The lowest BCUT2D eigenvalue weighted by molar-refractivity contribution is 0.0161. The number of fused-ring (bicyclic) bond motifs is 1. The van der Waals surface area contributed by atoms with Gasteiger partial charge in [-0.1, -0.05) is 13.3 Å². The molecule has 1 aromatic heterocycles. The second-order valence-corrected chi connectivity index (χ2v) is 6.79. The molecule has 0 radical (unpaired) electrons. The van der Waals surface area contributed by atoms with Crippen LogP contribution in [-0.2, 0) is 4.74 Å². The van der Waals surface area contributed by atoms with E-state index < -0.39 is 0 Å². The Morgan fingerprint density at radius 1 is 1.35 bits per heavy atom. The molecule has 4 heteroatoms. The van der Waals surface area contributed by atoms with Crippen molar-refractivity contribution in [3.05, 3.63) is 29.1 Å². The van der Waals surface area contributed by atoms with E-state index >= 15 is 0 Å². The topological polar surface area (TPSA) is 52.3 Å². The molecule has 1 aliphatic carbocycles. The summed E-state index contributed by atoms with van der Waals surface area (Å²) in [6, 6.07) is 7.59. The highest BCUT2D eigenvalue weighted by Gasteiger charge is 2.23. The van der Waals surface area contributed by atoms with Gasteiger partial charge < -0.3 is 10.5 Å². The zero-order valence-corrected chi connectivity index (χ0v) is 12.4. The van der Waals surface area contributed by atoms with E-state index in [1.807, 2.05) is 24.3 Å². The van der Waals surface area contributed by atoms with Gasteiger partial charge in [0, 0.05) is 10.4 Å². The van der Waals surface area contributed by atoms with Gasteiger partial charge in [-0.3, -0.25) is 0 Å². The molecule has 3 rings (SSSR count). The molecule has 0 aliphatic heterocycles. The van der Waals surface area contributed by atoms with E-state index in [9.17, 15) is 4.79 Å². The molecular weight excluding hydrogens is 270 g/mol. The Kier molecular flexibility index (Phi) is 3.66. The van der Waals surface area contributed by atoms with Gasteiger partial charge in [0.15, 0.2) is 0 Å². The number of carbonyl (C=O) groups is 1. The van der Waals surface area contributed by atoms with Gasteiger partial charge >= 0.3 is 5.97 Å². The van der Waals surface area contributed by atoms with Crippen molar-refractivity contribution < 1.29 is 9.53 Å². The average molecular weight is 289 g/mol. The first kappa shape index (κ1) is 13.4. The van der Waals surface area contributed by atoms with E-state index in [1.54, 1.807) is 0 Å². The summed E-state index contributed by atoms with van der Waals surface area (Å²) in [6.45, 7) is 2.22. The molecule has 0 amide bonds. The van der Waals surface area contributed by atoms with Crippen LogP contribution in [0.1, 0.15) is 42.3 Å². The van der Waals surface area contributed by atoms with Crippen LogP contribution in [0.2, 0.25) is 0 Å². The Balaban J connectivity index is 1.75. The Bertz CT molecular complexity index is 634. The number of thiophene rings is 1. The molecule has 1 aliphatic rings. The highest BCUT2D eigenvalue weighted by molar-refractivity contribution is 7.20. The summed E-state index contributed by atoms with van der Waals surface area (Å²) < 4.78 is 6.72. The molecule has 0 bridgehead atoms. The van der Waals surface area contributed by atoms with Crippen molar-refractivity contribution in [2.75, 3.05) is 5.73 Å². The largest absolute Gasteiger partial charge is 0.458 e. The Labute approximate surface area is 122 Å². The molecule has 1 aromatic carbocycles. The molecule has 20 heavy (non-hydrogen) atoms. The predicted molar refractivity (Wildman–Crippen MR) is 83.1 cm³/mol. The first-order valence-electron chi connectivity index (χ1n) is 7.12. The van der Waals surface area contributed by atoms with Crippen molar-refractivity contribution in [2.45, 2.75) is 38.7 Å². The Morgan fingerprint density at radius 3 is 3.00 bits per heavy atom. The summed E-state index contributed by atoms with van der Waals surface area (Å²) in [6.07, 6.45) is 4.47. The number of esters is 1. The van der Waals surface area contributed by atoms with Crippen molar-refractivity contribution in [3.8, 4) is 0 Å². The molecule has 0 saturated heterocycles. The second-order valence-electron chi connectivity index (χ2n) is 5.71. The number of carbonyl (C=O) groups excluding carboxylic acids is 1. The molecule has 1 saturated carbocycles. The summed E-state index contributed by atoms with van der Waals surface area (Å²) in [5, 5.41) is 1.01. The number of benzene rings is 1. The van der Waals surface area contributed by atoms with Crippen LogP contribution in [0.5, 0.6) is 0 Å². The molecule has 2 aromatic rings. The third-order valence-corrected chi connectivity index (χ3v) is 5.00. The van der Waals surface area contributed by atoms with Crippen LogP contribution in [0.25, 0.3) is 10.1 Å². The van der Waals surface area contributed by atoms with Crippen molar-refractivity contribution in [2.24, 2.45) is 5.92 Å². The van der Waals surface area contributed by atoms with E-state index in [4.69, 9.17) is 10.5 Å². The van der Waals surface area contributed by atoms with Gasteiger partial charge in [-0.2, -0.15) is 0 Å². The first-order valence-corrected chi connectivity index (χ1v) is 7.93. The molecular formula is C16H19NO2S. The minimum atomic E-state index is -0.191. The van der Waals surface area contributed by atoms with Crippen LogP contribution in [-0.4, -0.2) is 12.1 Å². The number of rotatable bonds is 2. The minimum absolute atomic E-state index is 0.0848. The highest BCUT2D eigenvalue weighted by Crippen LogP contribution is 2.30. The lowest BCUT2D eigenvalue weighted by Gasteiger charge is -2.26. The number of nitrogens with two attached hydrogens (primary N) is 1. The Hall–Kier alpha value is -1.55. The average Bonchev–Trinajstić information content (AvgIpc) is 2.81. The van der Waals surface area contributed by atoms with E-state index in [1.165, 1.54) is 17.8 Å². The molecule has 1 heterocycles. The van der Waals surface area contributed by atoms with Gasteiger partial charge in [0.2, 0.25) is 0 Å². The molecule has 3 nitrogen and oxygen atoms in total. The summed E-state index contributed by atoms with van der Waals surface area (Å²) in [5.74, 6) is 0.465. The van der Waals surface area contributed by atoms with E-state index in [0.29, 0.717) is 10.8 Å². The lowest BCUT2D eigenvalue weighted by atomic mass is 9.89. The maximum absolute atomic E-state index is 12.2. The Morgan fingerprint density at radius 2 is 2.20 bits per heavy atom. The van der Waals surface area contributed by atoms with E-state index in [0.717, 1.165) is 35.0 Å². The molecule has 106 valence electrons. The van der Waals surface area contributed by atoms with Gasteiger partial charge in [0.25, 0.3) is 0 Å². The monoisotopic (exact) mass is 289 g/mol. The first-order chi connectivity index (χ1) is 9.61. The van der Waals surface area contributed by atoms with Gasteiger partial charge in [0.1, 0.15) is 11.0 Å². The molecule has 1 fully saturated rings. The summed E-state index contributed by atoms with van der Waals surface area (Å²) in [4.78, 5) is 12.9. The van der Waals surface area contributed by atoms with E-state index in [-0.39, 0.29) is 12.1 Å². The second kappa shape index (κ2) is 5.44. The number of anilines is 1. The predicted octanol–water partition coefficient (Wildman–Crippen LogP) is 4.22. The smallest absolute Gasteiger partial charge is 0.348 e. The maximum atomic E-state index is 12.2. The minimum Gasteiger partial charge on any atom is -0.458 e. The standard InChI is InChI=1S/C16H19NO2S/c1-10-3-2-4-13(7-10)19-16(18)15-9-11-8-12(17)5-6-14(11)20-15/h5-6,8-10,13H,2-4,7,17H2,1H3. The third-order valence-electron chi connectivity index (χ3n) is 3.90. The maximum Gasteiger partial charge on any atom is 0.348 e. The van der Waals surface area contributed by atoms with Crippen molar-refractivity contribution in [3.63, 3.8) is 0 Å².